The van der Waals surface area contributed by atoms with Gasteiger partial charge in [0.05, 0.1) is 29.8 Å². The normalized spacial score (nSPS) is 21.0. The van der Waals surface area contributed by atoms with E-state index < -0.39 is 22.0 Å². The lowest BCUT2D eigenvalue weighted by molar-refractivity contribution is 0.0350. The molecule has 1 aromatic carbocycles. The lowest BCUT2D eigenvalue weighted by Crippen LogP contribution is -2.53. The first kappa shape index (κ1) is 13.9. The molecule has 0 aliphatic carbocycles. The van der Waals surface area contributed by atoms with Crippen LogP contribution in [-0.4, -0.2) is 38.6 Å². The summed E-state index contributed by atoms with van der Waals surface area (Å²) in [5, 5.41) is 8.73. The third-order valence-electron chi connectivity index (χ3n) is 2.78. The summed E-state index contributed by atoms with van der Waals surface area (Å²) in [6.07, 6.45) is -0.783. The molecule has 1 aliphatic heterocycles. The Labute approximate surface area is 110 Å². The third-order valence-corrected chi connectivity index (χ3v) is 4.70. The van der Waals surface area contributed by atoms with Gasteiger partial charge < -0.3 is 10.5 Å². The number of rotatable bonds is 2. The van der Waals surface area contributed by atoms with Crippen molar-refractivity contribution in [1.82, 2.24) is 4.31 Å². The number of sulfonamides is 1. The Bertz CT molecular complexity index is 627. The quantitative estimate of drug-likeness (QED) is 0.825. The monoisotopic (exact) mass is 285 g/mol. The minimum Gasteiger partial charge on any atom is -0.377 e. The maximum Gasteiger partial charge on any atom is 0.244 e. The molecule has 1 fully saturated rings. The van der Waals surface area contributed by atoms with Crippen molar-refractivity contribution in [3.8, 4) is 6.07 Å². The van der Waals surface area contributed by atoms with Gasteiger partial charge in [0.15, 0.2) is 0 Å². The summed E-state index contributed by atoms with van der Waals surface area (Å²) in [4.78, 5) is -0.150. The predicted octanol–water partition coefficient (Wildman–Crippen LogP) is 0.00308. The van der Waals surface area contributed by atoms with Crippen LogP contribution < -0.4 is 5.73 Å². The van der Waals surface area contributed by atoms with Crippen molar-refractivity contribution in [2.45, 2.75) is 11.1 Å². The topological polar surface area (TPSA) is 96.4 Å². The van der Waals surface area contributed by atoms with E-state index in [4.69, 9.17) is 15.7 Å². The lowest BCUT2D eigenvalue weighted by Gasteiger charge is -2.31. The average molecular weight is 285 g/mol. The first-order chi connectivity index (χ1) is 8.96. The Morgan fingerprint density at radius 3 is 2.89 bits per heavy atom. The molecule has 1 aromatic rings. The molecular formula is C11H12FN3O3S. The van der Waals surface area contributed by atoms with Crippen molar-refractivity contribution >= 4 is 10.0 Å². The van der Waals surface area contributed by atoms with E-state index in [1.54, 1.807) is 6.07 Å². The summed E-state index contributed by atoms with van der Waals surface area (Å²) in [6, 6.07) is 4.69. The first-order valence-corrected chi connectivity index (χ1v) is 6.95. The molecule has 1 unspecified atom stereocenters. The minimum atomic E-state index is -3.85. The van der Waals surface area contributed by atoms with Gasteiger partial charge in [0.1, 0.15) is 11.9 Å². The molecule has 102 valence electrons. The van der Waals surface area contributed by atoms with Gasteiger partial charge in [0.2, 0.25) is 10.0 Å². The second kappa shape index (κ2) is 5.22. The van der Waals surface area contributed by atoms with Crippen LogP contribution in [0.4, 0.5) is 4.39 Å². The van der Waals surface area contributed by atoms with E-state index >= 15 is 0 Å². The summed E-state index contributed by atoms with van der Waals surface area (Å²) in [6.45, 7) is 0.480. The number of hydrogen-bond donors (Lipinski definition) is 1. The molecule has 2 rings (SSSR count). The van der Waals surface area contributed by atoms with E-state index in [9.17, 15) is 12.8 Å². The molecule has 2 N–H and O–H groups in total. The highest BCUT2D eigenvalue weighted by molar-refractivity contribution is 7.89. The highest BCUT2D eigenvalue weighted by Gasteiger charge is 2.32. The number of nitrogens with two attached hydrogens (primary N) is 1. The number of halogens is 1. The minimum absolute atomic E-state index is 0.103. The molecule has 1 saturated heterocycles. The van der Waals surface area contributed by atoms with Gasteiger partial charge in [0.25, 0.3) is 0 Å². The fourth-order valence-corrected chi connectivity index (χ4v) is 3.30. The summed E-state index contributed by atoms with van der Waals surface area (Å²) in [7, 11) is -3.85. The maximum atomic E-state index is 13.2. The molecule has 6 nitrogen and oxygen atoms in total. The number of nitrogens with zero attached hydrogens (tertiary/aromatic N) is 2. The van der Waals surface area contributed by atoms with Crippen LogP contribution in [0.5, 0.6) is 0 Å². The van der Waals surface area contributed by atoms with Gasteiger partial charge >= 0.3 is 0 Å². The predicted molar refractivity (Wildman–Crippen MR) is 63.8 cm³/mol. The van der Waals surface area contributed by atoms with Crippen molar-refractivity contribution < 1.29 is 17.5 Å². The molecule has 0 aromatic heterocycles. The van der Waals surface area contributed by atoms with Gasteiger partial charge in [-0.05, 0) is 18.2 Å². The second-order valence-electron chi connectivity index (χ2n) is 4.01. The summed E-state index contributed by atoms with van der Waals surface area (Å²) >= 11 is 0. The van der Waals surface area contributed by atoms with Crippen molar-refractivity contribution in [2.75, 3.05) is 19.8 Å². The van der Waals surface area contributed by atoms with Gasteiger partial charge in [-0.2, -0.15) is 9.57 Å². The highest BCUT2D eigenvalue weighted by atomic mass is 32.2. The Morgan fingerprint density at radius 1 is 1.53 bits per heavy atom. The zero-order valence-electron chi connectivity index (χ0n) is 9.91. The smallest absolute Gasteiger partial charge is 0.244 e. The van der Waals surface area contributed by atoms with E-state index in [1.807, 2.05) is 0 Å². The summed E-state index contributed by atoms with van der Waals surface area (Å²) in [5.74, 6) is -0.757. The summed E-state index contributed by atoms with van der Waals surface area (Å²) in [5.41, 5.74) is 5.37. The highest BCUT2D eigenvalue weighted by Crippen LogP contribution is 2.21. The van der Waals surface area contributed by atoms with Gasteiger partial charge in [-0.3, -0.25) is 0 Å². The SMILES string of the molecule is N#Cc1cc(S(=O)(=O)N2CCOCC2N)ccc1F. The van der Waals surface area contributed by atoms with Crippen LogP contribution >= 0.6 is 0 Å². The lowest BCUT2D eigenvalue weighted by atomic mass is 10.2. The number of benzene rings is 1. The molecular weight excluding hydrogens is 273 g/mol. The van der Waals surface area contributed by atoms with E-state index in [0.29, 0.717) is 0 Å². The van der Waals surface area contributed by atoms with Gasteiger partial charge in [-0.1, -0.05) is 0 Å². The van der Waals surface area contributed by atoms with Crippen LogP contribution in [-0.2, 0) is 14.8 Å². The zero-order chi connectivity index (χ0) is 14.0. The molecule has 0 spiro atoms. The fraction of sp³-hybridized carbons (Fsp3) is 0.364. The molecule has 0 bridgehead atoms. The molecule has 1 heterocycles. The maximum absolute atomic E-state index is 13.2. The van der Waals surface area contributed by atoms with Crippen LogP contribution in [0.3, 0.4) is 0 Å². The zero-order valence-corrected chi connectivity index (χ0v) is 10.7. The van der Waals surface area contributed by atoms with Crippen LogP contribution in [0.1, 0.15) is 5.56 Å². The largest absolute Gasteiger partial charge is 0.377 e. The van der Waals surface area contributed by atoms with Crippen molar-refractivity contribution in [3.05, 3.63) is 29.6 Å². The third kappa shape index (κ3) is 2.59. The fourth-order valence-electron chi connectivity index (χ4n) is 1.79. The van der Waals surface area contributed by atoms with Crippen molar-refractivity contribution in [3.63, 3.8) is 0 Å². The van der Waals surface area contributed by atoms with Crippen LogP contribution in [0.15, 0.2) is 23.1 Å². The van der Waals surface area contributed by atoms with Gasteiger partial charge in [-0.15, -0.1) is 0 Å². The molecule has 1 aliphatic rings. The van der Waals surface area contributed by atoms with E-state index in [1.165, 1.54) is 0 Å². The molecule has 19 heavy (non-hydrogen) atoms. The Hall–Kier alpha value is -1.53. The molecule has 1 atom stereocenters. The first-order valence-electron chi connectivity index (χ1n) is 5.51. The molecule has 8 heteroatoms. The Morgan fingerprint density at radius 2 is 2.26 bits per heavy atom. The molecule has 0 saturated carbocycles. The van der Waals surface area contributed by atoms with Crippen molar-refractivity contribution in [1.29, 1.82) is 5.26 Å². The van der Waals surface area contributed by atoms with Crippen LogP contribution in [0, 0.1) is 17.1 Å². The Balaban J connectivity index is 2.42. The second-order valence-corrected chi connectivity index (χ2v) is 5.90. The van der Waals surface area contributed by atoms with E-state index in [-0.39, 0.29) is 30.2 Å². The average Bonchev–Trinajstić information content (AvgIpc) is 2.39. The van der Waals surface area contributed by atoms with E-state index in [0.717, 1.165) is 22.5 Å². The summed E-state index contributed by atoms with van der Waals surface area (Å²) < 4.78 is 44.0. The standard InChI is InChI=1S/C11H12FN3O3S/c12-10-2-1-9(5-8(10)6-13)19(16,17)15-3-4-18-7-11(15)14/h1-2,5,11H,3-4,7,14H2. The number of ether oxygens (including phenoxy) is 1. The van der Waals surface area contributed by atoms with Crippen LogP contribution in [0.25, 0.3) is 0 Å². The molecule has 0 radical (unpaired) electrons. The van der Waals surface area contributed by atoms with Gasteiger partial charge in [-0.25, -0.2) is 12.8 Å². The number of hydrogen-bond acceptors (Lipinski definition) is 5. The van der Waals surface area contributed by atoms with Crippen LogP contribution in [0.2, 0.25) is 0 Å². The Kier molecular flexibility index (Phi) is 3.82. The number of morpholine rings is 1. The van der Waals surface area contributed by atoms with Gasteiger partial charge in [0, 0.05) is 6.54 Å². The van der Waals surface area contributed by atoms with E-state index in [2.05, 4.69) is 0 Å². The molecule has 0 amide bonds. The number of nitriles is 1. The van der Waals surface area contributed by atoms with Crippen molar-refractivity contribution in [2.24, 2.45) is 5.73 Å².